The molecule has 1 unspecified atom stereocenters. The van der Waals surface area contributed by atoms with Crippen LogP contribution in [0.15, 0.2) is 23.1 Å². The zero-order valence-electron chi connectivity index (χ0n) is 11.9. The van der Waals surface area contributed by atoms with Gasteiger partial charge in [0.1, 0.15) is 5.82 Å². The van der Waals surface area contributed by atoms with Gasteiger partial charge >= 0.3 is 0 Å². The second-order valence-corrected chi connectivity index (χ2v) is 7.99. The van der Waals surface area contributed by atoms with Crippen LogP contribution in [0.2, 0.25) is 0 Å². The van der Waals surface area contributed by atoms with Crippen LogP contribution >= 0.6 is 0 Å². The number of hydrogen-bond acceptors (Lipinski definition) is 4. The molecule has 2 N–H and O–H groups in total. The van der Waals surface area contributed by atoms with E-state index in [9.17, 15) is 8.42 Å². The largest absolute Gasteiger partial charge is 0.330 e. The molecule has 1 fully saturated rings. The van der Waals surface area contributed by atoms with Crippen LogP contribution in [0.4, 0.5) is 0 Å². The molecule has 5 nitrogen and oxygen atoms in total. The van der Waals surface area contributed by atoms with Crippen molar-refractivity contribution in [1.29, 1.82) is 0 Å². The lowest BCUT2D eigenvalue weighted by Gasteiger charge is -2.23. The van der Waals surface area contributed by atoms with E-state index in [-0.39, 0.29) is 0 Å². The van der Waals surface area contributed by atoms with Gasteiger partial charge in [0.15, 0.2) is 9.84 Å². The monoisotopic (exact) mass is 293 g/mol. The lowest BCUT2D eigenvalue weighted by molar-refractivity contribution is 0.391. The van der Waals surface area contributed by atoms with Crippen molar-refractivity contribution in [3.8, 4) is 0 Å². The minimum atomic E-state index is -3.22. The Labute approximate surface area is 118 Å². The van der Waals surface area contributed by atoms with Crippen molar-refractivity contribution in [3.05, 3.63) is 24.0 Å². The van der Waals surface area contributed by atoms with Crippen LogP contribution in [0, 0.1) is 5.92 Å². The van der Waals surface area contributed by atoms with Gasteiger partial charge in [0.05, 0.1) is 21.5 Å². The molecule has 1 saturated carbocycles. The van der Waals surface area contributed by atoms with Crippen LogP contribution in [0.3, 0.4) is 0 Å². The molecule has 0 bridgehead atoms. The Morgan fingerprint density at radius 3 is 2.60 bits per heavy atom. The van der Waals surface area contributed by atoms with Gasteiger partial charge in [0.25, 0.3) is 0 Å². The fourth-order valence-electron chi connectivity index (χ4n) is 2.76. The molecule has 20 heavy (non-hydrogen) atoms. The number of nitrogens with zero attached hydrogens (tertiary/aromatic N) is 2. The molecule has 1 aromatic heterocycles. The van der Waals surface area contributed by atoms with Crippen molar-refractivity contribution in [2.45, 2.75) is 30.2 Å². The molecule has 0 amide bonds. The van der Waals surface area contributed by atoms with Crippen LogP contribution < -0.4 is 5.73 Å². The highest BCUT2D eigenvalue weighted by molar-refractivity contribution is 7.90. The first-order chi connectivity index (χ1) is 9.21. The van der Waals surface area contributed by atoms with Crippen LogP contribution in [-0.4, -0.2) is 24.2 Å². The van der Waals surface area contributed by atoms with Crippen LogP contribution in [0.5, 0.6) is 0 Å². The Balaban J connectivity index is 2.19. The first kappa shape index (κ1) is 13.6. The SMILES string of the molecule is Cn1c(C(C)(N)C2CC2)nc2cc(S(C)(=O)=O)ccc21. The van der Waals surface area contributed by atoms with Gasteiger partial charge in [-0.2, -0.15) is 0 Å². The number of aromatic nitrogens is 2. The average Bonchev–Trinajstić information content (AvgIpc) is 3.14. The fourth-order valence-corrected chi connectivity index (χ4v) is 3.40. The number of imidazole rings is 1. The second-order valence-electron chi connectivity index (χ2n) is 5.97. The molecule has 1 atom stereocenters. The van der Waals surface area contributed by atoms with Crippen molar-refractivity contribution in [3.63, 3.8) is 0 Å². The predicted molar refractivity (Wildman–Crippen MR) is 78.1 cm³/mol. The lowest BCUT2D eigenvalue weighted by Crippen LogP contribution is -2.38. The van der Waals surface area contributed by atoms with Gasteiger partial charge in [-0.15, -0.1) is 0 Å². The van der Waals surface area contributed by atoms with Crippen molar-refractivity contribution in [2.75, 3.05) is 6.26 Å². The van der Waals surface area contributed by atoms with Gasteiger partial charge in [-0.25, -0.2) is 13.4 Å². The van der Waals surface area contributed by atoms with E-state index in [1.165, 1.54) is 6.26 Å². The molecule has 1 aromatic carbocycles. The number of aryl methyl sites for hydroxylation is 1. The highest BCUT2D eigenvalue weighted by Gasteiger charge is 2.42. The maximum atomic E-state index is 11.6. The highest BCUT2D eigenvalue weighted by atomic mass is 32.2. The lowest BCUT2D eigenvalue weighted by atomic mass is 9.96. The standard InChI is InChI=1S/C14H19N3O2S/c1-14(15,9-4-5-9)13-16-11-8-10(20(3,18)19)6-7-12(11)17(13)2/h6-9H,4-5,15H2,1-3H3. The van der Waals surface area contributed by atoms with Crippen LogP contribution in [-0.2, 0) is 22.4 Å². The van der Waals surface area contributed by atoms with Gasteiger partial charge in [0.2, 0.25) is 0 Å². The summed E-state index contributed by atoms with van der Waals surface area (Å²) in [5.74, 6) is 1.29. The second kappa shape index (κ2) is 4.05. The molecule has 6 heteroatoms. The van der Waals surface area contributed by atoms with Gasteiger partial charge < -0.3 is 10.3 Å². The minimum absolute atomic E-state index is 0.291. The van der Waals surface area contributed by atoms with E-state index >= 15 is 0 Å². The van der Waals surface area contributed by atoms with Crippen molar-refractivity contribution >= 4 is 20.9 Å². The topological polar surface area (TPSA) is 78.0 Å². The Morgan fingerprint density at radius 2 is 2.05 bits per heavy atom. The van der Waals surface area contributed by atoms with E-state index in [1.54, 1.807) is 18.2 Å². The molecular formula is C14H19N3O2S. The van der Waals surface area contributed by atoms with Crippen LogP contribution in [0.25, 0.3) is 11.0 Å². The molecule has 0 aliphatic heterocycles. The summed E-state index contributed by atoms with van der Waals surface area (Å²) in [6.45, 7) is 2.00. The van der Waals surface area contributed by atoms with Crippen molar-refractivity contribution < 1.29 is 8.42 Å². The van der Waals surface area contributed by atoms with Gasteiger partial charge in [-0.1, -0.05) is 0 Å². The van der Waals surface area contributed by atoms with E-state index in [0.717, 1.165) is 24.2 Å². The summed E-state index contributed by atoms with van der Waals surface area (Å²) in [6.07, 6.45) is 3.46. The van der Waals surface area contributed by atoms with Crippen LogP contribution in [0.1, 0.15) is 25.6 Å². The third-order valence-electron chi connectivity index (χ3n) is 4.19. The number of nitrogens with two attached hydrogens (primary N) is 1. The summed E-state index contributed by atoms with van der Waals surface area (Å²) < 4.78 is 25.2. The zero-order valence-corrected chi connectivity index (χ0v) is 12.7. The summed E-state index contributed by atoms with van der Waals surface area (Å²) in [6, 6.07) is 5.04. The van der Waals surface area contributed by atoms with Gasteiger partial charge in [0, 0.05) is 13.3 Å². The van der Waals surface area contributed by atoms with E-state index in [0.29, 0.717) is 16.3 Å². The van der Waals surface area contributed by atoms with Crippen molar-refractivity contribution in [1.82, 2.24) is 9.55 Å². The summed E-state index contributed by atoms with van der Waals surface area (Å²) in [4.78, 5) is 4.88. The molecule has 0 spiro atoms. The normalized spacial score (nSPS) is 19.2. The molecule has 1 aliphatic carbocycles. The van der Waals surface area contributed by atoms with E-state index < -0.39 is 15.4 Å². The summed E-state index contributed by atoms with van der Waals surface area (Å²) >= 11 is 0. The third kappa shape index (κ3) is 2.03. The maximum absolute atomic E-state index is 11.6. The quantitative estimate of drug-likeness (QED) is 0.931. The summed E-state index contributed by atoms with van der Waals surface area (Å²) in [7, 11) is -1.29. The number of hydrogen-bond donors (Lipinski definition) is 1. The highest BCUT2D eigenvalue weighted by Crippen LogP contribution is 2.43. The fraction of sp³-hybridized carbons (Fsp3) is 0.500. The number of sulfone groups is 1. The maximum Gasteiger partial charge on any atom is 0.175 e. The van der Waals surface area contributed by atoms with E-state index in [1.807, 2.05) is 18.5 Å². The molecule has 2 aromatic rings. The molecular weight excluding hydrogens is 274 g/mol. The summed E-state index contributed by atoms with van der Waals surface area (Å²) in [5, 5.41) is 0. The zero-order chi connectivity index (χ0) is 14.7. The van der Waals surface area contributed by atoms with Gasteiger partial charge in [-0.3, -0.25) is 0 Å². The Hall–Kier alpha value is -1.40. The predicted octanol–water partition coefficient (Wildman–Crippen LogP) is 1.56. The molecule has 0 saturated heterocycles. The molecule has 108 valence electrons. The van der Waals surface area contributed by atoms with Gasteiger partial charge in [-0.05, 0) is 43.9 Å². The Bertz CT molecular complexity index is 786. The van der Waals surface area contributed by atoms with E-state index in [4.69, 9.17) is 5.73 Å². The van der Waals surface area contributed by atoms with E-state index in [2.05, 4.69) is 4.98 Å². The molecule has 3 rings (SSSR count). The average molecular weight is 293 g/mol. The summed E-state index contributed by atoms with van der Waals surface area (Å²) in [5.41, 5.74) is 7.56. The molecule has 0 radical (unpaired) electrons. The molecule has 1 aliphatic rings. The Kier molecular flexibility index (Phi) is 2.75. The number of fused-ring (bicyclic) bond motifs is 1. The third-order valence-corrected chi connectivity index (χ3v) is 5.30. The van der Waals surface area contributed by atoms with Crippen molar-refractivity contribution in [2.24, 2.45) is 18.7 Å². The Morgan fingerprint density at radius 1 is 1.40 bits per heavy atom. The minimum Gasteiger partial charge on any atom is -0.330 e. The smallest absolute Gasteiger partial charge is 0.175 e. The number of benzene rings is 1. The molecule has 1 heterocycles. The first-order valence-electron chi connectivity index (χ1n) is 6.67. The number of rotatable bonds is 3. The first-order valence-corrected chi connectivity index (χ1v) is 8.56.